The van der Waals surface area contributed by atoms with Gasteiger partial charge in [-0.1, -0.05) is 81.1 Å². The van der Waals surface area contributed by atoms with Gasteiger partial charge in [-0.2, -0.15) is 11.8 Å². The van der Waals surface area contributed by atoms with Crippen molar-refractivity contribution in [1.29, 1.82) is 5.41 Å². The number of thioether (sulfide) groups is 1. The van der Waals surface area contributed by atoms with E-state index in [0.29, 0.717) is 57.4 Å². The van der Waals surface area contributed by atoms with E-state index in [9.17, 15) is 14.4 Å². The van der Waals surface area contributed by atoms with Crippen LogP contribution < -0.4 is 32.7 Å². The smallest absolute Gasteiger partial charge is 0.245 e. The van der Waals surface area contributed by atoms with Crippen LogP contribution in [0.15, 0.2) is 72.9 Å². The Balaban J connectivity index is 1.77. The lowest BCUT2D eigenvalue weighted by Crippen LogP contribution is -2.56. The molecular formula is C36H54N8O3S. The molecule has 1 aliphatic heterocycles. The Labute approximate surface area is 289 Å². The summed E-state index contributed by atoms with van der Waals surface area (Å²) in [5.41, 5.74) is 14.2. The van der Waals surface area contributed by atoms with Gasteiger partial charge in [0.25, 0.3) is 0 Å². The Hall–Kier alpha value is -4.03. The van der Waals surface area contributed by atoms with Crippen molar-refractivity contribution in [3.05, 3.63) is 84.1 Å². The summed E-state index contributed by atoms with van der Waals surface area (Å²) in [4.78, 5) is 42.9. The molecule has 9 N–H and O–H groups in total. The summed E-state index contributed by atoms with van der Waals surface area (Å²) in [7, 11) is 0. The highest BCUT2D eigenvalue weighted by atomic mass is 32.2. The Morgan fingerprint density at radius 1 is 0.875 bits per heavy atom. The van der Waals surface area contributed by atoms with Gasteiger partial charge in [0.1, 0.15) is 12.1 Å². The molecule has 48 heavy (non-hydrogen) atoms. The van der Waals surface area contributed by atoms with E-state index in [0.717, 1.165) is 29.1 Å². The van der Waals surface area contributed by atoms with Crippen LogP contribution in [0.4, 0.5) is 0 Å². The molecule has 3 amide bonds. The predicted octanol–water partition coefficient (Wildman–Crippen LogP) is 2.52. The normalized spacial score (nSPS) is 15.7. The van der Waals surface area contributed by atoms with Gasteiger partial charge in [0, 0.05) is 31.1 Å². The van der Waals surface area contributed by atoms with Crippen LogP contribution in [-0.4, -0.2) is 83.9 Å². The van der Waals surface area contributed by atoms with E-state index >= 15 is 0 Å². The van der Waals surface area contributed by atoms with Gasteiger partial charge < -0.3 is 37.6 Å². The molecule has 11 nitrogen and oxygen atoms in total. The lowest BCUT2D eigenvalue weighted by molar-refractivity contribution is -0.137. The molecule has 1 heterocycles. The zero-order valence-corrected chi connectivity index (χ0v) is 29.2. The fourth-order valence-corrected chi connectivity index (χ4v) is 6.51. The van der Waals surface area contributed by atoms with Crippen LogP contribution in [0.2, 0.25) is 0 Å². The molecule has 262 valence electrons. The number of carbonyl (C=O) groups excluding carboxylic acids is 3. The van der Waals surface area contributed by atoms with Crippen molar-refractivity contribution in [2.75, 3.05) is 31.1 Å². The topological polar surface area (TPSA) is 178 Å². The fourth-order valence-electron chi connectivity index (χ4n) is 5.62. The van der Waals surface area contributed by atoms with Gasteiger partial charge in [-0.25, -0.2) is 0 Å². The van der Waals surface area contributed by atoms with E-state index in [-0.39, 0.29) is 29.6 Å². The second-order valence-electron chi connectivity index (χ2n) is 12.7. The van der Waals surface area contributed by atoms with Gasteiger partial charge in [-0.05, 0) is 61.3 Å². The van der Waals surface area contributed by atoms with Crippen LogP contribution in [0.3, 0.4) is 0 Å². The van der Waals surface area contributed by atoms with E-state index in [1.165, 1.54) is 0 Å². The molecule has 3 rings (SSSR count). The van der Waals surface area contributed by atoms with Crippen molar-refractivity contribution in [3.63, 3.8) is 0 Å². The minimum Gasteiger partial charge on any atom is -0.376 e. The van der Waals surface area contributed by atoms with Gasteiger partial charge in [-0.3, -0.25) is 19.8 Å². The second-order valence-corrected chi connectivity index (χ2v) is 14.0. The molecule has 2 aromatic carbocycles. The molecular weight excluding hydrogens is 625 g/mol. The quantitative estimate of drug-likeness (QED) is 0.0714. The third-order valence-electron chi connectivity index (χ3n) is 8.17. The van der Waals surface area contributed by atoms with Crippen molar-refractivity contribution in [2.24, 2.45) is 17.4 Å². The monoisotopic (exact) mass is 678 g/mol. The average molecular weight is 679 g/mol. The standard InChI is InChI=1S/C36H54N8O3S/c1-25(2)22-32(34(46)42-30(16-10-17-40-36(38)39)35(47)44-18-11-20-48-21-19-44)41-26(3)31(24-28-14-8-5-9-15-28)43-33(45)29(37)23-27-12-6-4-7-13-27/h4-9,12-15,25,29-32,41H,3,10-11,16-24,37H2,1-2H3,(H,42,46)(H,43,45)(H4,38,39,40)/t29-,30-,31-,32-/m1/s1. The molecule has 1 aliphatic rings. The highest BCUT2D eigenvalue weighted by Gasteiger charge is 2.31. The first-order valence-corrected chi connectivity index (χ1v) is 18.0. The Kier molecular flexibility index (Phi) is 16.3. The molecule has 0 radical (unpaired) electrons. The van der Waals surface area contributed by atoms with Crippen LogP contribution in [0.1, 0.15) is 50.7 Å². The zero-order valence-electron chi connectivity index (χ0n) is 28.4. The summed E-state index contributed by atoms with van der Waals surface area (Å²) in [6.45, 7) is 10.1. The number of guanidine groups is 1. The minimum absolute atomic E-state index is 0.0996. The van der Waals surface area contributed by atoms with E-state index < -0.39 is 24.2 Å². The molecule has 0 saturated carbocycles. The molecule has 4 atom stereocenters. The summed E-state index contributed by atoms with van der Waals surface area (Å²) in [6, 6.07) is 16.6. The Morgan fingerprint density at radius 2 is 1.50 bits per heavy atom. The number of hydrogen-bond acceptors (Lipinski definition) is 7. The van der Waals surface area contributed by atoms with Crippen LogP contribution in [0.5, 0.6) is 0 Å². The molecule has 0 unspecified atom stereocenters. The molecule has 1 fully saturated rings. The molecule has 0 aliphatic carbocycles. The van der Waals surface area contributed by atoms with E-state index in [4.69, 9.17) is 16.9 Å². The first kappa shape index (κ1) is 38.4. The number of rotatable bonds is 18. The number of nitrogens with two attached hydrogens (primary N) is 2. The molecule has 0 spiro atoms. The summed E-state index contributed by atoms with van der Waals surface area (Å²) in [5.74, 6) is 1.16. The Morgan fingerprint density at radius 3 is 2.12 bits per heavy atom. The van der Waals surface area contributed by atoms with Gasteiger partial charge in [0.05, 0.1) is 12.1 Å². The average Bonchev–Trinajstić information content (AvgIpc) is 3.35. The van der Waals surface area contributed by atoms with E-state index in [1.807, 2.05) is 91.2 Å². The third-order valence-corrected chi connectivity index (χ3v) is 9.22. The number of amides is 3. The maximum Gasteiger partial charge on any atom is 0.245 e. The lowest BCUT2D eigenvalue weighted by Gasteiger charge is -2.31. The van der Waals surface area contributed by atoms with Gasteiger partial charge in [0.2, 0.25) is 17.7 Å². The van der Waals surface area contributed by atoms with Crippen LogP contribution >= 0.6 is 11.8 Å². The van der Waals surface area contributed by atoms with E-state index in [1.54, 1.807) is 0 Å². The van der Waals surface area contributed by atoms with Crippen molar-refractivity contribution < 1.29 is 14.4 Å². The van der Waals surface area contributed by atoms with Gasteiger partial charge in [-0.15, -0.1) is 0 Å². The van der Waals surface area contributed by atoms with Crippen molar-refractivity contribution in [1.82, 2.24) is 26.2 Å². The van der Waals surface area contributed by atoms with Crippen molar-refractivity contribution >= 4 is 35.4 Å². The lowest BCUT2D eigenvalue weighted by atomic mass is 9.98. The molecule has 1 saturated heterocycles. The molecule has 2 aromatic rings. The number of hydrogen-bond donors (Lipinski definition) is 7. The van der Waals surface area contributed by atoms with Crippen LogP contribution in [0, 0.1) is 11.3 Å². The summed E-state index contributed by atoms with van der Waals surface area (Å²) in [5, 5.41) is 19.7. The van der Waals surface area contributed by atoms with Crippen LogP contribution in [-0.2, 0) is 27.2 Å². The SMILES string of the molecule is C=C(N[C@H](CC(C)C)C(=O)N[C@H](CCCNC(=N)N)C(=O)N1CCCSCC1)[C@@H](Cc1ccccc1)NC(=O)[C@H](N)Cc1ccccc1. The fraction of sp³-hybridized carbons (Fsp3) is 0.500. The van der Waals surface area contributed by atoms with E-state index in [2.05, 4.69) is 27.8 Å². The number of benzene rings is 2. The van der Waals surface area contributed by atoms with Crippen molar-refractivity contribution in [3.8, 4) is 0 Å². The largest absolute Gasteiger partial charge is 0.376 e. The molecule has 12 heteroatoms. The van der Waals surface area contributed by atoms with Gasteiger partial charge in [0.15, 0.2) is 5.96 Å². The molecule has 0 bridgehead atoms. The summed E-state index contributed by atoms with van der Waals surface area (Å²) < 4.78 is 0. The number of carbonyl (C=O) groups is 3. The Bertz CT molecular complexity index is 1320. The van der Waals surface area contributed by atoms with Crippen LogP contribution in [0.25, 0.3) is 0 Å². The summed E-state index contributed by atoms with van der Waals surface area (Å²) >= 11 is 1.83. The number of nitrogens with zero attached hydrogens (tertiary/aromatic N) is 1. The summed E-state index contributed by atoms with van der Waals surface area (Å²) in [6.07, 6.45) is 3.17. The van der Waals surface area contributed by atoms with Gasteiger partial charge >= 0.3 is 0 Å². The predicted molar refractivity (Wildman–Crippen MR) is 195 cm³/mol. The molecule has 0 aromatic heterocycles. The first-order valence-electron chi connectivity index (χ1n) is 16.9. The highest BCUT2D eigenvalue weighted by Crippen LogP contribution is 2.15. The van der Waals surface area contributed by atoms with Crippen molar-refractivity contribution in [2.45, 2.75) is 76.5 Å². The highest BCUT2D eigenvalue weighted by molar-refractivity contribution is 7.99. The first-order chi connectivity index (χ1) is 23.0. The third kappa shape index (κ3) is 13.6. The zero-order chi connectivity index (χ0) is 34.9. The maximum absolute atomic E-state index is 14.0. The maximum atomic E-state index is 14.0. The second kappa shape index (κ2) is 20.4. The minimum atomic E-state index is -0.769. The number of nitrogens with one attached hydrogen (secondary N) is 5.